The minimum absolute atomic E-state index is 0.164. The Hall–Kier alpha value is -2.39. The zero-order chi connectivity index (χ0) is 22.5. The van der Waals surface area contributed by atoms with Gasteiger partial charge in [-0.15, -0.1) is 0 Å². The second-order valence-corrected chi connectivity index (χ2v) is 8.34. The molecule has 0 fully saturated rings. The summed E-state index contributed by atoms with van der Waals surface area (Å²) < 4.78 is 0. The summed E-state index contributed by atoms with van der Waals surface area (Å²) in [6, 6.07) is 12.3. The summed E-state index contributed by atoms with van der Waals surface area (Å²) in [5.41, 5.74) is 4.90. The van der Waals surface area contributed by atoms with Crippen molar-refractivity contribution in [2.24, 2.45) is 0 Å². The predicted molar refractivity (Wildman–Crippen MR) is 125 cm³/mol. The van der Waals surface area contributed by atoms with Crippen LogP contribution in [0.3, 0.4) is 0 Å². The van der Waals surface area contributed by atoms with Gasteiger partial charge in [-0.1, -0.05) is 70.2 Å². The minimum atomic E-state index is -0.885. The van der Waals surface area contributed by atoms with Crippen LogP contribution in [0.25, 0.3) is 6.08 Å². The normalized spacial score (nSPS) is 12.5. The Balaban J connectivity index is 2.51. The molecule has 0 aliphatic rings. The zero-order valence-electron chi connectivity index (χ0n) is 19.2. The van der Waals surface area contributed by atoms with E-state index in [1.807, 2.05) is 45.1 Å². The lowest BCUT2D eigenvalue weighted by molar-refractivity contribution is 0.0695. The fourth-order valence-corrected chi connectivity index (χ4v) is 4.33. The number of carboxylic acids is 1. The van der Waals surface area contributed by atoms with Crippen LogP contribution < -0.4 is 0 Å². The first-order valence-electron chi connectivity index (χ1n) is 11.0. The molecule has 0 radical (unpaired) electrons. The van der Waals surface area contributed by atoms with Crippen molar-refractivity contribution in [3.63, 3.8) is 0 Å². The summed E-state index contributed by atoms with van der Waals surface area (Å²) in [6.45, 7) is 12.3. The maximum Gasteiger partial charge on any atom is 0.335 e. The number of hydrogen-bond acceptors (Lipinski definition) is 2. The highest BCUT2D eigenvalue weighted by molar-refractivity contribution is 5.89. The first kappa shape index (κ1) is 23.9. The highest BCUT2D eigenvalue weighted by atomic mass is 16.4. The molecule has 0 aliphatic heterocycles. The number of carbonyl (C=O) groups is 1. The first-order valence-corrected chi connectivity index (χ1v) is 11.0. The quantitative estimate of drug-likeness (QED) is 0.487. The average Bonchev–Trinajstić information content (AvgIpc) is 2.74. The van der Waals surface area contributed by atoms with Crippen molar-refractivity contribution in [1.82, 2.24) is 0 Å². The Morgan fingerprint density at radius 1 is 0.867 bits per heavy atom. The Morgan fingerprint density at radius 3 is 1.83 bits per heavy atom. The lowest BCUT2D eigenvalue weighted by Crippen LogP contribution is -2.26. The molecule has 2 rings (SSSR count). The highest BCUT2D eigenvalue weighted by Crippen LogP contribution is 2.40. The molecule has 0 amide bonds. The van der Waals surface area contributed by atoms with Crippen molar-refractivity contribution in [3.05, 3.63) is 75.9 Å². The van der Waals surface area contributed by atoms with E-state index >= 15 is 0 Å². The summed E-state index contributed by atoms with van der Waals surface area (Å²) in [6.07, 6.45) is 7.17. The number of aryl methyl sites for hydroxylation is 2. The van der Waals surface area contributed by atoms with Gasteiger partial charge in [0.2, 0.25) is 0 Å². The monoisotopic (exact) mass is 408 g/mol. The van der Waals surface area contributed by atoms with E-state index in [4.69, 9.17) is 0 Å². The van der Waals surface area contributed by atoms with Gasteiger partial charge in [-0.2, -0.15) is 0 Å². The molecule has 2 N–H and O–H groups in total. The molecule has 30 heavy (non-hydrogen) atoms. The Kier molecular flexibility index (Phi) is 7.65. The van der Waals surface area contributed by atoms with E-state index in [-0.39, 0.29) is 5.41 Å². The van der Waals surface area contributed by atoms with Gasteiger partial charge < -0.3 is 10.2 Å². The van der Waals surface area contributed by atoms with E-state index in [0.29, 0.717) is 18.4 Å². The molecule has 0 bridgehead atoms. The molecular formula is C27H36O3. The maximum absolute atomic E-state index is 11.4. The fourth-order valence-electron chi connectivity index (χ4n) is 4.33. The van der Waals surface area contributed by atoms with Gasteiger partial charge in [-0.05, 0) is 73.4 Å². The topological polar surface area (TPSA) is 57.5 Å². The molecule has 0 spiro atoms. The Bertz CT molecular complexity index is 916. The summed E-state index contributed by atoms with van der Waals surface area (Å²) in [5, 5.41) is 19.9. The van der Waals surface area contributed by atoms with Crippen LogP contribution in [-0.4, -0.2) is 21.8 Å². The molecule has 0 aliphatic carbocycles. The van der Waals surface area contributed by atoms with Crippen molar-refractivity contribution in [1.29, 1.82) is 0 Å². The maximum atomic E-state index is 11.4. The lowest BCUT2D eigenvalue weighted by atomic mass is 9.69. The van der Waals surface area contributed by atoms with Crippen LogP contribution in [0.4, 0.5) is 0 Å². The molecule has 0 heterocycles. The smallest absolute Gasteiger partial charge is 0.335 e. The number of hydrogen-bond donors (Lipinski definition) is 2. The van der Waals surface area contributed by atoms with E-state index in [9.17, 15) is 15.0 Å². The highest BCUT2D eigenvalue weighted by Gasteiger charge is 2.31. The number of rotatable bonds is 9. The fraction of sp³-hybridized carbons (Fsp3) is 0.444. The van der Waals surface area contributed by atoms with Crippen molar-refractivity contribution in [2.75, 3.05) is 0 Å². The number of aromatic carboxylic acids is 1. The van der Waals surface area contributed by atoms with E-state index < -0.39 is 11.6 Å². The molecule has 3 heteroatoms. The van der Waals surface area contributed by atoms with Gasteiger partial charge >= 0.3 is 5.97 Å². The van der Waals surface area contributed by atoms with Gasteiger partial charge in [0.05, 0.1) is 11.2 Å². The van der Waals surface area contributed by atoms with Crippen LogP contribution in [0, 0.1) is 13.8 Å². The van der Waals surface area contributed by atoms with Crippen LogP contribution >= 0.6 is 0 Å². The van der Waals surface area contributed by atoms with Gasteiger partial charge in [-0.25, -0.2) is 4.79 Å². The third kappa shape index (κ3) is 4.67. The van der Waals surface area contributed by atoms with Crippen LogP contribution in [0.15, 0.2) is 42.5 Å². The largest absolute Gasteiger partial charge is 0.478 e. The van der Waals surface area contributed by atoms with Gasteiger partial charge in [0.15, 0.2) is 0 Å². The third-order valence-corrected chi connectivity index (χ3v) is 6.84. The number of carboxylic acid groups (broad SMARTS) is 1. The molecule has 2 aromatic carbocycles. The predicted octanol–water partition coefficient (Wildman–Crippen LogP) is 6.67. The summed E-state index contributed by atoms with van der Waals surface area (Å²) in [7, 11) is 0. The first-order chi connectivity index (χ1) is 14.2. The zero-order valence-corrected chi connectivity index (χ0v) is 19.2. The van der Waals surface area contributed by atoms with Crippen LogP contribution in [-0.2, 0) is 5.41 Å². The van der Waals surface area contributed by atoms with Crippen LogP contribution in [0.5, 0.6) is 0 Å². The second kappa shape index (κ2) is 9.61. The van der Waals surface area contributed by atoms with E-state index in [0.717, 1.165) is 29.5 Å². The van der Waals surface area contributed by atoms with Crippen molar-refractivity contribution < 1.29 is 15.0 Å². The molecule has 0 unspecified atom stereocenters. The van der Waals surface area contributed by atoms with Gasteiger partial charge in [-0.3, -0.25) is 0 Å². The standard InChI is InChI=1S/C27H36O3/c1-7-26(30,8-2)16-15-21-11-12-22(17-19(21)5)27(9-3,10-4)23-13-14-24(25(28)29)20(6)18-23/h11-18,30H,7-10H2,1-6H3,(H,28,29). The van der Waals surface area contributed by atoms with E-state index in [1.54, 1.807) is 6.07 Å². The summed E-state index contributed by atoms with van der Waals surface area (Å²) in [4.78, 5) is 11.4. The Morgan fingerprint density at radius 2 is 1.40 bits per heavy atom. The second-order valence-electron chi connectivity index (χ2n) is 8.34. The molecule has 0 atom stereocenters. The molecule has 3 nitrogen and oxygen atoms in total. The molecule has 162 valence electrons. The average molecular weight is 409 g/mol. The molecule has 0 aromatic heterocycles. The van der Waals surface area contributed by atoms with Gasteiger partial charge in [0, 0.05) is 5.41 Å². The minimum Gasteiger partial charge on any atom is -0.478 e. The van der Waals surface area contributed by atoms with Crippen molar-refractivity contribution >= 4 is 12.0 Å². The third-order valence-electron chi connectivity index (χ3n) is 6.84. The van der Waals surface area contributed by atoms with Crippen LogP contribution in [0.2, 0.25) is 0 Å². The molecular weight excluding hydrogens is 372 g/mol. The summed E-state index contributed by atoms with van der Waals surface area (Å²) >= 11 is 0. The van der Waals surface area contributed by atoms with Gasteiger partial charge in [0.25, 0.3) is 0 Å². The number of aliphatic hydroxyl groups is 1. The molecule has 2 aromatic rings. The van der Waals surface area contributed by atoms with Crippen LogP contribution in [0.1, 0.15) is 91.6 Å². The van der Waals surface area contributed by atoms with Gasteiger partial charge in [0.1, 0.15) is 0 Å². The molecule has 0 saturated heterocycles. The SMILES string of the molecule is CCC(O)(C=Cc1ccc(C(CC)(CC)c2ccc(C(=O)O)c(C)c2)cc1C)CC. The Labute approximate surface area is 181 Å². The van der Waals surface area contributed by atoms with E-state index in [2.05, 4.69) is 39.0 Å². The van der Waals surface area contributed by atoms with Crippen molar-refractivity contribution in [3.8, 4) is 0 Å². The van der Waals surface area contributed by atoms with Crippen molar-refractivity contribution in [2.45, 2.75) is 78.2 Å². The summed E-state index contributed by atoms with van der Waals surface area (Å²) in [5.74, 6) is -0.885. The van der Waals surface area contributed by atoms with E-state index in [1.165, 1.54) is 11.1 Å². The molecule has 0 saturated carbocycles. The number of benzene rings is 2. The lowest BCUT2D eigenvalue weighted by Gasteiger charge is -2.34.